The Balaban J connectivity index is 2.76. The molecule has 1 unspecified atom stereocenters. The van der Waals surface area contributed by atoms with Gasteiger partial charge in [-0.15, -0.1) is 0 Å². The average molecular weight is 234 g/mol. The molecule has 1 aromatic carbocycles. The molecule has 2 heteroatoms. The highest BCUT2D eigenvalue weighted by atomic mass is 15.2. The van der Waals surface area contributed by atoms with Crippen LogP contribution in [0, 0.1) is 19.3 Å². The van der Waals surface area contributed by atoms with E-state index in [0.717, 1.165) is 12.8 Å². The van der Waals surface area contributed by atoms with E-state index in [1.54, 1.807) is 0 Å². The zero-order valence-electron chi connectivity index (χ0n) is 11.8. The molecule has 1 atom stereocenters. The van der Waals surface area contributed by atoms with Crippen LogP contribution in [0.2, 0.25) is 0 Å². The van der Waals surface area contributed by atoms with Crippen molar-refractivity contribution in [3.63, 3.8) is 0 Å². The van der Waals surface area contributed by atoms with Gasteiger partial charge in [0.1, 0.15) is 0 Å². The van der Waals surface area contributed by atoms with Crippen LogP contribution in [0.15, 0.2) is 18.2 Å². The molecule has 0 bridgehead atoms. The van der Waals surface area contributed by atoms with Crippen molar-refractivity contribution in [2.75, 3.05) is 0 Å². The molecule has 96 valence electrons. The monoisotopic (exact) mass is 234 g/mol. The second-order valence-corrected chi connectivity index (χ2v) is 6.16. The Bertz CT molecular complexity index is 364. The van der Waals surface area contributed by atoms with Gasteiger partial charge in [-0.3, -0.25) is 11.3 Å². The molecular weight excluding hydrogens is 208 g/mol. The second kappa shape index (κ2) is 5.65. The summed E-state index contributed by atoms with van der Waals surface area (Å²) in [5.74, 6) is 5.67. The number of hydrogen-bond acceptors (Lipinski definition) is 2. The Kier molecular flexibility index (Phi) is 4.72. The fraction of sp³-hybridized carbons (Fsp3) is 0.600. The van der Waals surface area contributed by atoms with Crippen LogP contribution in [0.3, 0.4) is 0 Å². The summed E-state index contributed by atoms with van der Waals surface area (Å²) in [6, 6.07) is 6.85. The van der Waals surface area contributed by atoms with Gasteiger partial charge in [0.05, 0.1) is 0 Å². The number of nitrogens with one attached hydrogen (secondary N) is 1. The molecule has 0 aliphatic rings. The summed E-state index contributed by atoms with van der Waals surface area (Å²) in [5, 5.41) is 0. The lowest BCUT2D eigenvalue weighted by atomic mass is 9.87. The predicted molar refractivity (Wildman–Crippen MR) is 74.7 cm³/mol. The Labute approximate surface area is 106 Å². The van der Waals surface area contributed by atoms with Crippen LogP contribution in [-0.2, 0) is 0 Å². The summed E-state index contributed by atoms with van der Waals surface area (Å²) >= 11 is 0. The minimum Gasteiger partial charge on any atom is -0.271 e. The lowest BCUT2D eigenvalue weighted by Gasteiger charge is -2.23. The van der Waals surface area contributed by atoms with Gasteiger partial charge in [0, 0.05) is 6.04 Å². The Morgan fingerprint density at radius 3 is 2.29 bits per heavy atom. The SMILES string of the molecule is Cc1ccc(C(CCC(C)(C)C)NN)cc1C. The molecule has 0 fully saturated rings. The minimum atomic E-state index is 0.258. The second-order valence-electron chi connectivity index (χ2n) is 6.16. The van der Waals surface area contributed by atoms with E-state index in [9.17, 15) is 0 Å². The van der Waals surface area contributed by atoms with Crippen molar-refractivity contribution in [2.24, 2.45) is 11.3 Å². The van der Waals surface area contributed by atoms with Crippen molar-refractivity contribution < 1.29 is 0 Å². The van der Waals surface area contributed by atoms with Crippen LogP contribution < -0.4 is 11.3 Å². The first kappa shape index (κ1) is 14.2. The maximum atomic E-state index is 5.67. The van der Waals surface area contributed by atoms with E-state index in [0.29, 0.717) is 5.41 Å². The molecule has 0 saturated carbocycles. The fourth-order valence-corrected chi connectivity index (χ4v) is 1.90. The van der Waals surface area contributed by atoms with Gasteiger partial charge >= 0.3 is 0 Å². The summed E-state index contributed by atoms with van der Waals surface area (Å²) in [7, 11) is 0. The number of hydrogen-bond donors (Lipinski definition) is 2. The average Bonchev–Trinajstić information content (AvgIpc) is 2.22. The standard InChI is InChI=1S/C15H26N2/c1-11-6-7-13(10-12(11)2)14(17-16)8-9-15(3,4)5/h6-7,10,14,17H,8-9,16H2,1-5H3. The molecule has 0 aromatic heterocycles. The van der Waals surface area contributed by atoms with E-state index in [-0.39, 0.29) is 6.04 Å². The molecule has 2 nitrogen and oxygen atoms in total. The topological polar surface area (TPSA) is 38.0 Å². The van der Waals surface area contributed by atoms with Gasteiger partial charge in [-0.1, -0.05) is 39.0 Å². The molecular formula is C15H26N2. The van der Waals surface area contributed by atoms with Crippen molar-refractivity contribution in [3.05, 3.63) is 34.9 Å². The Morgan fingerprint density at radius 2 is 1.82 bits per heavy atom. The summed E-state index contributed by atoms with van der Waals surface area (Å²) in [5.41, 5.74) is 7.25. The zero-order valence-corrected chi connectivity index (χ0v) is 11.8. The van der Waals surface area contributed by atoms with Crippen LogP contribution in [0.4, 0.5) is 0 Å². The molecule has 0 aliphatic carbocycles. The molecule has 0 aliphatic heterocycles. The van der Waals surface area contributed by atoms with Crippen LogP contribution in [0.1, 0.15) is 56.3 Å². The highest BCUT2D eigenvalue weighted by molar-refractivity contribution is 5.31. The molecule has 0 radical (unpaired) electrons. The van der Waals surface area contributed by atoms with E-state index in [2.05, 4.69) is 58.2 Å². The molecule has 0 amide bonds. The fourth-order valence-electron chi connectivity index (χ4n) is 1.90. The van der Waals surface area contributed by atoms with Gasteiger partial charge in [-0.05, 0) is 48.8 Å². The molecule has 0 saturated heterocycles. The first-order valence-corrected chi connectivity index (χ1v) is 6.37. The van der Waals surface area contributed by atoms with Crippen LogP contribution in [-0.4, -0.2) is 0 Å². The maximum Gasteiger partial charge on any atom is 0.0460 e. The lowest BCUT2D eigenvalue weighted by molar-refractivity contribution is 0.333. The van der Waals surface area contributed by atoms with Crippen molar-refractivity contribution >= 4 is 0 Å². The predicted octanol–water partition coefficient (Wildman–Crippen LogP) is 3.63. The summed E-state index contributed by atoms with van der Waals surface area (Å²) in [4.78, 5) is 0. The van der Waals surface area contributed by atoms with Crippen LogP contribution >= 0.6 is 0 Å². The number of rotatable bonds is 4. The van der Waals surface area contributed by atoms with Crippen LogP contribution in [0.5, 0.6) is 0 Å². The third kappa shape index (κ3) is 4.49. The van der Waals surface area contributed by atoms with E-state index < -0.39 is 0 Å². The maximum absolute atomic E-state index is 5.67. The van der Waals surface area contributed by atoms with Crippen LogP contribution in [0.25, 0.3) is 0 Å². The third-order valence-corrected chi connectivity index (χ3v) is 3.32. The van der Waals surface area contributed by atoms with Gasteiger partial charge < -0.3 is 0 Å². The van der Waals surface area contributed by atoms with Gasteiger partial charge in [0.2, 0.25) is 0 Å². The molecule has 17 heavy (non-hydrogen) atoms. The van der Waals surface area contributed by atoms with E-state index >= 15 is 0 Å². The minimum absolute atomic E-state index is 0.258. The summed E-state index contributed by atoms with van der Waals surface area (Å²) in [6.07, 6.45) is 2.23. The zero-order chi connectivity index (χ0) is 13.1. The molecule has 0 spiro atoms. The van der Waals surface area contributed by atoms with E-state index in [1.807, 2.05) is 0 Å². The lowest BCUT2D eigenvalue weighted by Crippen LogP contribution is -2.29. The number of aryl methyl sites for hydroxylation is 2. The molecule has 0 heterocycles. The Hall–Kier alpha value is -0.860. The van der Waals surface area contributed by atoms with Crippen molar-refractivity contribution in [1.82, 2.24) is 5.43 Å². The normalized spacial score (nSPS) is 13.8. The highest BCUT2D eigenvalue weighted by Crippen LogP contribution is 2.27. The number of hydrazine groups is 1. The summed E-state index contributed by atoms with van der Waals surface area (Å²) < 4.78 is 0. The highest BCUT2D eigenvalue weighted by Gasteiger charge is 2.16. The van der Waals surface area contributed by atoms with Gasteiger partial charge in [0.25, 0.3) is 0 Å². The van der Waals surface area contributed by atoms with Gasteiger partial charge in [0.15, 0.2) is 0 Å². The molecule has 3 N–H and O–H groups in total. The largest absolute Gasteiger partial charge is 0.271 e. The quantitative estimate of drug-likeness (QED) is 0.616. The first-order chi connectivity index (χ1) is 7.83. The number of benzene rings is 1. The van der Waals surface area contributed by atoms with Crippen molar-refractivity contribution in [2.45, 2.75) is 53.5 Å². The van der Waals surface area contributed by atoms with E-state index in [4.69, 9.17) is 5.84 Å². The smallest absolute Gasteiger partial charge is 0.0460 e. The Morgan fingerprint density at radius 1 is 1.18 bits per heavy atom. The third-order valence-electron chi connectivity index (χ3n) is 3.32. The van der Waals surface area contributed by atoms with Gasteiger partial charge in [-0.2, -0.15) is 0 Å². The van der Waals surface area contributed by atoms with E-state index in [1.165, 1.54) is 16.7 Å². The van der Waals surface area contributed by atoms with Gasteiger partial charge in [-0.25, -0.2) is 0 Å². The molecule has 1 rings (SSSR count). The first-order valence-electron chi connectivity index (χ1n) is 6.37. The van der Waals surface area contributed by atoms with Crippen molar-refractivity contribution in [3.8, 4) is 0 Å². The number of nitrogens with two attached hydrogens (primary N) is 1. The molecule has 1 aromatic rings. The van der Waals surface area contributed by atoms with Crippen molar-refractivity contribution in [1.29, 1.82) is 0 Å². The summed E-state index contributed by atoms with van der Waals surface area (Å²) in [6.45, 7) is 11.1.